The van der Waals surface area contributed by atoms with E-state index in [9.17, 15) is 5.11 Å². The fourth-order valence-electron chi connectivity index (χ4n) is 3.37. The average molecular weight is 276 g/mol. The lowest BCUT2D eigenvalue weighted by molar-refractivity contribution is 0.201. The van der Waals surface area contributed by atoms with E-state index in [0.717, 1.165) is 30.4 Å². The van der Waals surface area contributed by atoms with E-state index in [1.54, 1.807) is 7.11 Å². The summed E-state index contributed by atoms with van der Waals surface area (Å²) in [5.74, 6) is 0.855. The Morgan fingerprint density at radius 2 is 2.05 bits per heavy atom. The van der Waals surface area contributed by atoms with Gasteiger partial charge in [-0.05, 0) is 50.5 Å². The Kier molecular flexibility index (Phi) is 3.61. The van der Waals surface area contributed by atoms with Gasteiger partial charge in [-0.2, -0.15) is 0 Å². The van der Waals surface area contributed by atoms with Crippen molar-refractivity contribution in [2.45, 2.75) is 43.8 Å². The molecule has 1 saturated heterocycles. The fourth-order valence-corrected chi connectivity index (χ4v) is 3.37. The molecule has 2 atom stereocenters. The van der Waals surface area contributed by atoms with Crippen LogP contribution in [0.15, 0.2) is 24.3 Å². The number of hydrogen-bond acceptors (Lipinski definition) is 4. The van der Waals surface area contributed by atoms with Crippen LogP contribution in [0.4, 0.5) is 5.69 Å². The van der Waals surface area contributed by atoms with Gasteiger partial charge >= 0.3 is 0 Å². The minimum absolute atomic E-state index is 0.173. The number of aliphatic hydroxyl groups excluding tert-OH is 1. The van der Waals surface area contributed by atoms with E-state index >= 15 is 0 Å². The van der Waals surface area contributed by atoms with Gasteiger partial charge in [0.05, 0.1) is 19.3 Å². The predicted molar refractivity (Wildman–Crippen MR) is 80.2 cm³/mol. The summed E-state index contributed by atoms with van der Waals surface area (Å²) in [6.07, 6.45) is 3.62. The van der Waals surface area contributed by atoms with Crippen molar-refractivity contribution in [1.82, 2.24) is 4.90 Å². The molecule has 0 spiro atoms. The molecule has 4 nitrogen and oxygen atoms in total. The Bertz CT molecular complexity index is 458. The number of nitrogens with zero attached hydrogens (tertiary/aromatic N) is 1. The molecule has 0 amide bonds. The van der Waals surface area contributed by atoms with Crippen LogP contribution in [-0.2, 0) is 0 Å². The number of hydrogen-bond donors (Lipinski definition) is 2. The standard InChI is InChI=1S/C16H24N2O2/c1-12-9-16(11-19,10-18(12)14-5-6-14)17-13-3-7-15(20-2)8-4-13/h3-4,7-8,12,14,17,19H,5-6,9-11H2,1-2H3. The molecule has 1 aliphatic heterocycles. The third-order valence-corrected chi connectivity index (χ3v) is 4.56. The molecule has 20 heavy (non-hydrogen) atoms. The van der Waals surface area contributed by atoms with Crippen LogP contribution >= 0.6 is 0 Å². The van der Waals surface area contributed by atoms with E-state index in [4.69, 9.17) is 4.74 Å². The maximum absolute atomic E-state index is 9.90. The molecule has 1 heterocycles. The first kappa shape index (κ1) is 13.7. The van der Waals surface area contributed by atoms with Crippen LogP contribution in [-0.4, -0.2) is 47.9 Å². The summed E-state index contributed by atoms with van der Waals surface area (Å²) < 4.78 is 5.18. The Labute approximate surface area is 120 Å². The number of anilines is 1. The van der Waals surface area contributed by atoms with Gasteiger partial charge in [-0.15, -0.1) is 0 Å². The van der Waals surface area contributed by atoms with Crippen LogP contribution in [0.3, 0.4) is 0 Å². The van der Waals surface area contributed by atoms with Gasteiger partial charge in [0.25, 0.3) is 0 Å². The second kappa shape index (κ2) is 5.26. The van der Waals surface area contributed by atoms with E-state index in [0.29, 0.717) is 6.04 Å². The molecule has 0 aromatic heterocycles. The minimum Gasteiger partial charge on any atom is -0.497 e. The van der Waals surface area contributed by atoms with Crippen molar-refractivity contribution in [1.29, 1.82) is 0 Å². The van der Waals surface area contributed by atoms with E-state index in [2.05, 4.69) is 17.1 Å². The molecule has 2 unspecified atom stereocenters. The molecule has 2 N–H and O–H groups in total. The largest absolute Gasteiger partial charge is 0.497 e. The molecule has 1 saturated carbocycles. The smallest absolute Gasteiger partial charge is 0.119 e. The Morgan fingerprint density at radius 1 is 1.35 bits per heavy atom. The van der Waals surface area contributed by atoms with E-state index < -0.39 is 0 Å². The quantitative estimate of drug-likeness (QED) is 0.864. The zero-order valence-electron chi connectivity index (χ0n) is 12.3. The molecular formula is C16H24N2O2. The summed E-state index contributed by atoms with van der Waals surface area (Å²) in [5.41, 5.74) is 0.834. The number of rotatable bonds is 5. The fraction of sp³-hybridized carbons (Fsp3) is 0.625. The molecule has 2 aliphatic rings. The molecule has 4 heteroatoms. The van der Waals surface area contributed by atoms with Crippen molar-refractivity contribution < 1.29 is 9.84 Å². The lowest BCUT2D eigenvalue weighted by atomic mass is 9.97. The topological polar surface area (TPSA) is 44.7 Å². The molecule has 1 aromatic carbocycles. The number of methoxy groups -OCH3 is 1. The van der Waals surface area contributed by atoms with Crippen molar-refractivity contribution in [3.63, 3.8) is 0 Å². The van der Waals surface area contributed by atoms with Crippen LogP contribution in [0, 0.1) is 0 Å². The lowest BCUT2D eigenvalue weighted by Gasteiger charge is -2.30. The summed E-state index contributed by atoms with van der Waals surface area (Å²) in [7, 11) is 1.67. The summed E-state index contributed by atoms with van der Waals surface area (Å²) in [6, 6.07) is 9.22. The van der Waals surface area contributed by atoms with Crippen molar-refractivity contribution in [2.24, 2.45) is 0 Å². The normalized spacial score (nSPS) is 30.4. The van der Waals surface area contributed by atoms with Gasteiger partial charge in [0.1, 0.15) is 5.75 Å². The van der Waals surface area contributed by atoms with Gasteiger partial charge in [-0.1, -0.05) is 0 Å². The van der Waals surface area contributed by atoms with Crippen molar-refractivity contribution in [2.75, 3.05) is 25.6 Å². The third kappa shape index (κ3) is 2.63. The zero-order valence-corrected chi connectivity index (χ0v) is 12.3. The highest BCUT2D eigenvalue weighted by Gasteiger charge is 2.46. The maximum atomic E-state index is 9.90. The molecule has 1 aromatic rings. The van der Waals surface area contributed by atoms with Gasteiger partial charge < -0.3 is 15.2 Å². The van der Waals surface area contributed by atoms with Gasteiger partial charge in [0, 0.05) is 24.3 Å². The molecule has 1 aliphatic carbocycles. The highest BCUT2D eigenvalue weighted by molar-refractivity contribution is 5.49. The second-order valence-electron chi connectivity index (χ2n) is 6.25. The highest BCUT2D eigenvalue weighted by Crippen LogP contribution is 2.38. The Morgan fingerprint density at radius 3 is 2.60 bits per heavy atom. The monoisotopic (exact) mass is 276 g/mol. The molecular weight excluding hydrogens is 252 g/mol. The SMILES string of the molecule is COc1ccc(NC2(CO)CC(C)N(C3CC3)C2)cc1. The van der Waals surface area contributed by atoms with Gasteiger partial charge in [0.2, 0.25) is 0 Å². The van der Waals surface area contributed by atoms with Crippen LogP contribution in [0.1, 0.15) is 26.2 Å². The molecule has 0 radical (unpaired) electrons. The van der Waals surface area contributed by atoms with Gasteiger partial charge in [-0.25, -0.2) is 0 Å². The van der Waals surface area contributed by atoms with E-state index in [-0.39, 0.29) is 12.1 Å². The number of aliphatic hydroxyl groups is 1. The van der Waals surface area contributed by atoms with Crippen molar-refractivity contribution in [3.8, 4) is 5.75 Å². The lowest BCUT2D eigenvalue weighted by Crippen LogP contribution is -2.45. The van der Waals surface area contributed by atoms with E-state index in [1.165, 1.54) is 12.8 Å². The van der Waals surface area contributed by atoms with Crippen LogP contribution in [0.5, 0.6) is 5.75 Å². The van der Waals surface area contributed by atoms with Crippen molar-refractivity contribution >= 4 is 5.69 Å². The van der Waals surface area contributed by atoms with Crippen molar-refractivity contribution in [3.05, 3.63) is 24.3 Å². The Hall–Kier alpha value is -1.26. The maximum Gasteiger partial charge on any atom is 0.119 e. The summed E-state index contributed by atoms with van der Waals surface area (Å²) in [5, 5.41) is 13.5. The first-order valence-electron chi connectivity index (χ1n) is 7.45. The summed E-state index contributed by atoms with van der Waals surface area (Å²) >= 11 is 0. The van der Waals surface area contributed by atoms with Crippen LogP contribution in [0.2, 0.25) is 0 Å². The number of ether oxygens (including phenoxy) is 1. The molecule has 0 bridgehead atoms. The number of nitrogens with one attached hydrogen (secondary N) is 1. The van der Waals surface area contributed by atoms with E-state index in [1.807, 2.05) is 24.3 Å². The zero-order chi connectivity index (χ0) is 14.2. The first-order chi connectivity index (χ1) is 9.65. The average Bonchev–Trinajstić information content (AvgIpc) is 3.25. The molecule has 2 fully saturated rings. The summed E-state index contributed by atoms with van der Waals surface area (Å²) in [6.45, 7) is 3.37. The number of likely N-dealkylation sites (tertiary alicyclic amines) is 1. The molecule has 3 rings (SSSR count). The number of benzene rings is 1. The minimum atomic E-state index is -0.212. The van der Waals surface area contributed by atoms with Gasteiger partial charge in [0.15, 0.2) is 0 Å². The first-order valence-corrected chi connectivity index (χ1v) is 7.45. The Balaban J connectivity index is 1.72. The second-order valence-corrected chi connectivity index (χ2v) is 6.25. The highest BCUT2D eigenvalue weighted by atomic mass is 16.5. The van der Waals surface area contributed by atoms with Gasteiger partial charge in [-0.3, -0.25) is 4.90 Å². The summed E-state index contributed by atoms with van der Waals surface area (Å²) in [4.78, 5) is 2.55. The predicted octanol–water partition coefficient (Wildman–Crippen LogP) is 2.09. The van der Waals surface area contributed by atoms with Crippen LogP contribution < -0.4 is 10.1 Å². The third-order valence-electron chi connectivity index (χ3n) is 4.56. The molecule has 110 valence electrons. The van der Waals surface area contributed by atoms with Crippen LogP contribution in [0.25, 0.3) is 0 Å².